The van der Waals surface area contributed by atoms with Gasteiger partial charge in [-0.15, -0.1) is 0 Å². The smallest absolute Gasteiger partial charge is 0.0857 e. The van der Waals surface area contributed by atoms with Gasteiger partial charge in [-0.25, -0.2) is 0 Å². The van der Waals surface area contributed by atoms with Crippen molar-refractivity contribution in [2.24, 2.45) is 5.92 Å². The Morgan fingerprint density at radius 2 is 1.80 bits per heavy atom. The molecule has 2 unspecified atom stereocenters. The van der Waals surface area contributed by atoms with E-state index in [9.17, 15) is 0 Å². The summed E-state index contributed by atoms with van der Waals surface area (Å²) in [6.45, 7) is 7.91. The van der Waals surface area contributed by atoms with E-state index in [1.165, 1.54) is 0 Å². The Kier molecular flexibility index (Phi) is 2.69. The van der Waals surface area contributed by atoms with Gasteiger partial charge in [-0.1, -0.05) is 13.8 Å². The molecule has 0 N–H and O–H groups in total. The van der Waals surface area contributed by atoms with Crippen LogP contribution in [-0.2, 0) is 9.47 Å². The Labute approximate surface area is 62.5 Å². The highest BCUT2D eigenvalue weighted by Crippen LogP contribution is 2.16. The van der Waals surface area contributed by atoms with E-state index in [1.807, 2.05) is 0 Å². The Bertz CT molecular complexity index is 101. The first-order chi connectivity index (χ1) is 4.72. The first kappa shape index (κ1) is 8.02. The highest BCUT2D eigenvalue weighted by Gasteiger charge is 2.25. The number of rotatable bonds is 1. The Morgan fingerprint density at radius 1 is 1.20 bits per heavy atom. The normalized spacial score (nSPS) is 34.8. The van der Waals surface area contributed by atoms with Gasteiger partial charge in [0.1, 0.15) is 0 Å². The van der Waals surface area contributed by atoms with Crippen molar-refractivity contribution in [3.8, 4) is 0 Å². The molecule has 1 saturated heterocycles. The highest BCUT2D eigenvalue weighted by atomic mass is 16.6. The zero-order valence-corrected chi connectivity index (χ0v) is 6.96. The van der Waals surface area contributed by atoms with E-state index in [0.717, 1.165) is 13.2 Å². The van der Waals surface area contributed by atoms with Crippen LogP contribution in [0.1, 0.15) is 20.8 Å². The average molecular weight is 144 g/mol. The van der Waals surface area contributed by atoms with E-state index in [0.29, 0.717) is 12.0 Å². The zero-order chi connectivity index (χ0) is 7.56. The summed E-state index contributed by atoms with van der Waals surface area (Å²) in [6, 6.07) is 0. The Balaban J connectivity index is 2.40. The van der Waals surface area contributed by atoms with Crippen molar-refractivity contribution in [2.45, 2.75) is 33.0 Å². The van der Waals surface area contributed by atoms with Crippen LogP contribution in [0, 0.1) is 5.92 Å². The molecule has 0 aromatic heterocycles. The summed E-state index contributed by atoms with van der Waals surface area (Å²) in [5, 5.41) is 0. The van der Waals surface area contributed by atoms with E-state index >= 15 is 0 Å². The van der Waals surface area contributed by atoms with Gasteiger partial charge in [0, 0.05) is 0 Å². The van der Waals surface area contributed by atoms with Crippen LogP contribution in [0.25, 0.3) is 0 Å². The third-order valence-electron chi connectivity index (χ3n) is 1.89. The van der Waals surface area contributed by atoms with Crippen molar-refractivity contribution in [2.75, 3.05) is 13.2 Å². The van der Waals surface area contributed by atoms with Crippen molar-refractivity contribution < 1.29 is 9.47 Å². The standard InChI is InChI=1S/C8H16O2/c1-6(2)8-7(3)9-4-5-10-8/h6-8H,4-5H2,1-3H3. The van der Waals surface area contributed by atoms with Gasteiger partial charge in [0.25, 0.3) is 0 Å². The van der Waals surface area contributed by atoms with Crippen LogP contribution in [0.5, 0.6) is 0 Å². The molecule has 1 aliphatic heterocycles. The minimum absolute atomic E-state index is 0.272. The summed E-state index contributed by atoms with van der Waals surface area (Å²) < 4.78 is 11.0. The lowest BCUT2D eigenvalue weighted by atomic mass is 10.0. The predicted molar refractivity (Wildman–Crippen MR) is 40.0 cm³/mol. The lowest BCUT2D eigenvalue weighted by molar-refractivity contribution is -0.147. The topological polar surface area (TPSA) is 18.5 Å². The maximum atomic E-state index is 5.53. The molecule has 1 heterocycles. The van der Waals surface area contributed by atoms with Gasteiger partial charge >= 0.3 is 0 Å². The van der Waals surface area contributed by atoms with Crippen LogP contribution in [-0.4, -0.2) is 25.4 Å². The number of hydrogen-bond donors (Lipinski definition) is 0. The molecule has 0 spiro atoms. The third-order valence-corrected chi connectivity index (χ3v) is 1.89. The lowest BCUT2D eigenvalue weighted by Crippen LogP contribution is -2.39. The van der Waals surface area contributed by atoms with Crippen LogP contribution in [0.4, 0.5) is 0 Å². The van der Waals surface area contributed by atoms with E-state index in [2.05, 4.69) is 20.8 Å². The summed E-state index contributed by atoms with van der Waals surface area (Å²) in [5.41, 5.74) is 0. The van der Waals surface area contributed by atoms with Crippen molar-refractivity contribution in [3.05, 3.63) is 0 Å². The molecule has 1 fully saturated rings. The summed E-state index contributed by atoms with van der Waals surface area (Å²) in [5.74, 6) is 0.565. The fourth-order valence-corrected chi connectivity index (χ4v) is 1.38. The molecule has 2 atom stereocenters. The summed E-state index contributed by atoms with van der Waals surface area (Å²) in [6.07, 6.45) is 0.572. The van der Waals surface area contributed by atoms with Gasteiger partial charge in [0.05, 0.1) is 25.4 Å². The maximum Gasteiger partial charge on any atom is 0.0857 e. The quantitative estimate of drug-likeness (QED) is 0.554. The summed E-state index contributed by atoms with van der Waals surface area (Å²) in [7, 11) is 0. The zero-order valence-electron chi connectivity index (χ0n) is 6.96. The molecular formula is C8H16O2. The molecular weight excluding hydrogens is 128 g/mol. The first-order valence-electron chi connectivity index (χ1n) is 3.95. The molecule has 0 aliphatic carbocycles. The van der Waals surface area contributed by atoms with Crippen LogP contribution in [0.2, 0.25) is 0 Å². The van der Waals surface area contributed by atoms with Gasteiger partial charge in [0.2, 0.25) is 0 Å². The molecule has 2 nitrogen and oxygen atoms in total. The Morgan fingerprint density at radius 3 is 2.20 bits per heavy atom. The third kappa shape index (κ3) is 1.70. The largest absolute Gasteiger partial charge is 0.373 e. The average Bonchev–Trinajstić information content (AvgIpc) is 1.88. The number of ether oxygens (including phenoxy) is 2. The minimum Gasteiger partial charge on any atom is -0.373 e. The van der Waals surface area contributed by atoms with Crippen molar-refractivity contribution in [1.29, 1.82) is 0 Å². The molecule has 10 heavy (non-hydrogen) atoms. The van der Waals surface area contributed by atoms with Crippen molar-refractivity contribution in [1.82, 2.24) is 0 Å². The van der Waals surface area contributed by atoms with E-state index in [-0.39, 0.29) is 6.10 Å². The molecule has 1 aliphatic rings. The molecule has 0 radical (unpaired) electrons. The second kappa shape index (κ2) is 3.35. The van der Waals surface area contributed by atoms with Gasteiger partial charge in [-0.05, 0) is 12.8 Å². The summed E-state index contributed by atoms with van der Waals surface area (Å²) >= 11 is 0. The molecule has 0 saturated carbocycles. The van der Waals surface area contributed by atoms with Crippen LogP contribution in [0.3, 0.4) is 0 Å². The molecule has 0 aromatic carbocycles. The Hall–Kier alpha value is -0.0800. The first-order valence-corrected chi connectivity index (χ1v) is 3.95. The fraction of sp³-hybridized carbons (Fsp3) is 1.00. The predicted octanol–water partition coefficient (Wildman–Crippen LogP) is 1.45. The summed E-state index contributed by atoms with van der Waals surface area (Å²) in [4.78, 5) is 0. The van der Waals surface area contributed by atoms with Crippen LogP contribution < -0.4 is 0 Å². The molecule has 0 amide bonds. The minimum atomic E-state index is 0.272. The van der Waals surface area contributed by atoms with Gasteiger partial charge in [-0.2, -0.15) is 0 Å². The molecule has 60 valence electrons. The molecule has 2 heteroatoms. The van der Waals surface area contributed by atoms with Crippen LogP contribution >= 0.6 is 0 Å². The molecule has 1 rings (SSSR count). The second-order valence-electron chi connectivity index (χ2n) is 3.16. The van der Waals surface area contributed by atoms with Crippen molar-refractivity contribution in [3.63, 3.8) is 0 Å². The van der Waals surface area contributed by atoms with E-state index in [1.54, 1.807) is 0 Å². The van der Waals surface area contributed by atoms with E-state index < -0.39 is 0 Å². The van der Waals surface area contributed by atoms with Gasteiger partial charge < -0.3 is 9.47 Å². The number of hydrogen-bond acceptors (Lipinski definition) is 2. The van der Waals surface area contributed by atoms with Gasteiger partial charge in [0.15, 0.2) is 0 Å². The molecule has 0 bridgehead atoms. The monoisotopic (exact) mass is 144 g/mol. The maximum absolute atomic E-state index is 5.53. The van der Waals surface area contributed by atoms with Crippen molar-refractivity contribution >= 4 is 0 Å². The molecule has 0 aromatic rings. The SMILES string of the molecule is CC(C)C1OCCOC1C. The fourth-order valence-electron chi connectivity index (χ4n) is 1.38. The highest BCUT2D eigenvalue weighted by molar-refractivity contribution is 4.72. The second-order valence-corrected chi connectivity index (χ2v) is 3.16. The lowest BCUT2D eigenvalue weighted by Gasteiger charge is -2.31. The van der Waals surface area contributed by atoms with Gasteiger partial charge in [-0.3, -0.25) is 0 Å². The van der Waals surface area contributed by atoms with E-state index in [4.69, 9.17) is 9.47 Å². The van der Waals surface area contributed by atoms with Crippen LogP contribution in [0.15, 0.2) is 0 Å².